The molecule has 0 aliphatic carbocycles. The number of hydrogen-bond acceptors (Lipinski definition) is 4. The molecule has 1 N–H and O–H groups in total. The van der Waals surface area contributed by atoms with E-state index in [9.17, 15) is 13.2 Å². The van der Waals surface area contributed by atoms with E-state index in [1.807, 2.05) is 31.4 Å². The van der Waals surface area contributed by atoms with Crippen molar-refractivity contribution in [2.24, 2.45) is 5.10 Å². The lowest BCUT2D eigenvalue weighted by Gasteiger charge is -2.24. The number of nitrogens with zero attached hydrogens (tertiary/aromatic N) is 3. The number of amides is 1. The molecule has 0 bridgehead atoms. The van der Waals surface area contributed by atoms with Crippen molar-refractivity contribution in [3.05, 3.63) is 110 Å². The molecule has 11 heteroatoms. The SMILES string of the molecule is Cc1ccc(S(=O)(=O)N(CC(=O)N/N=C\c2cc(C)n(-c3cc(Cl)ccc3Cl)c2C)c2cccc(Cl)c2)cc1. The van der Waals surface area contributed by atoms with Crippen molar-refractivity contribution in [1.29, 1.82) is 0 Å². The quantitative estimate of drug-likeness (QED) is 0.180. The molecule has 0 radical (unpaired) electrons. The van der Waals surface area contributed by atoms with Crippen molar-refractivity contribution in [3.8, 4) is 5.69 Å². The molecule has 1 heterocycles. The molecule has 0 unspecified atom stereocenters. The van der Waals surface area contributed by atoms with Gasteiger partial charge in [0.2, 0.25) is 0 Å². The van der Waals surface area contributed by atoms with Crippen molar-refractivity contribution in [2.45, 2.75) is 25.7 Å². The van der Waals surface area contributed by atoms with Gasteiger partial charge in [-0.25, -0.2) is 13.8 Å². The number of benzene rings is 3. The van der Waals surface area contributed by atoms with Gasteiger partial charge < -0.3 is 4.57 Å². The topological polar surface area (TPSA) is 83.8 Å². The number of aryl methyl sites for hydroxylation is 2. The number of nitrogens with one attached hydrogen (secondary N) is 1. The molecule has 4 aromatic rings. The van der Waals surface area contributed by atoms with Crippen LogP contribution in [-0.4, -0.2) is 31.7 Å². The van der Waals surface area contributed by atoms with Crippen LogP contribution < -0.4 is 9.73 Å². The summed E-state index contributed by atoms with van der Waals surface area (Å²) in [5.74, 6) is -0.631. The highest BCUT2D eigenvalue weighted by Gasteiger charge is 2.27. The van der Waals surface area contributed by atoms with Gasteiger partial charge in [-0.1, -0.05) is 58.6 Å². The van der Waals surface area contributed by atoms with Gasteiger partial charge in [0.25, 0.3) is 15.9 Å². The summed E-state index contributed by atoms with van der Waals surface area (Å²) < 4.78 is 29.9. The summed E-state index contributed by atoms with van der Waals surface area (Å²) in [5.41, 5.74) is 6.78. The number of rotatable bonds is 8. The van der Waals surface area contributed by atoms with Crippen LogP contribution in [-0.2, 0) is 14.8 Å². The summed E-state index contributed by atoms with van der Waals surface area (Å²) in [7, 11) is -4.07. The lowest BCUT2D eigenvalue weighted by atomic mass is 10.2. The minimum Gasteiger partial charge on any atom is -0.316 e. The van der Waals surface area contributed by atoms with Crippen LogP contribution in [0.3, 0.4) is 0 Å². The Hall–Kier alpha value is -3.30. The Balaban J connectivity index is 1.57. The average molecular weight is 604 g/mol. The van der Waals surface area contributed by atoms with E-state index in [1.54, 1.807) is 48.5 Å². The maximum Gasteiger partial charge on any atom is 0.264 e. The van der Waals surface area contributed by atoms with E-state index in [2.05, 4.69) is 10.5 Å². The standard InChI is InChI=1S/C28H25Cl3N4O3S/c1-18-7-10-25(11-8-18)39(37,38)34(24-6-4-5-22(29)14-24)17-28(36)33-32-16-21-13-19(2)35(20(21)3)27-15-23(30)9-12-26(27)31/h4-16H,17H2,1-3H3,(H,33,36)/b32-16-. The molecule has 0 spiro atoms. The largest absolute Gasteiger partial charge is 0.316 e. The number of carbonyl (C=O) groups excluding carboxylic acids is 1. The van der Waals surface area contributed by atoms with Crippen molar-refractivity contribution < 1.29 is 13.2 Å². The van der Waals surface area contributed by atoms with Gasteiger partial charge in [-0.2, -0.15) is 5.10 Å². The fraction of sp³-hybridized carbons (Fsp3) is 0.143. The lowest BCUT2D eigenvalue weighted by Crippen LogP contribution is -2.39. The number of hydrazone groups is 1. The van der Waals surface area contributed by atoms with Crippen molar-refractivity contribution in [3.63, 3.8) is 0 Å². The second-order valence-electron chi connectivity index (χ2n) is 8.86. The second kappa shape index (κ2) is 11.8. The van der Waals surface area contributed by atoms with Gasteiger partial charge >= 0.3 is 0 Å². The predicted octanol–water partition coefficient (Wildman–Crippen LogP) is 6.71. The van der Waals surface area contributed by atoms with E-state index < -0.39 is 22.5 Å². The van der Waals surface area contributed by atoms with E-state index in [0.29, 0.717) is 15.1 Å². The summed E-state index contributed by atoms with van der Waals surface area (Å²) in [6.07, 6.45) is 1.49. The van der Waals surface area contributed by atoms with E-state index in [1.165, 1.54) is 24.4 Å². The first-order chi connectivity index (χ1) is 18.5. The number of carbonyl (C=O) groups is 1. The summed E-state index contributed by atoms with van der Waals surface area (Å²) >= 11 is 18.7. The van der Waals surface area contributed by atoms with Crippen molar-refractivity contribution in [2.75, 3.05) is 10.8 Å². The first kappa shape index (κ1) is 28.7. The van der Waals surface area contributed by atoms with Gasteiger partial charge in [0.1, 0.15) is 6.54 Å². The van der Waals surface area contributed by atoms with Crippen molar-refractivity contribution in [1.82, 2.24) is 9.99 Å². The first-order valence-corrected chi connectivity index (χ1v) is 14.4. The van der Waals surface area contributed by atoms with Crippen molar-refractivity contribution >= 4 is 62.6 Å². The normalized spacial score (nSPS) is 11.6. The highest BCUT2D eigenvalue weighted by atomic mass is 35.5. The van der Waals surface area contributed by atoms with Crippen LogP contribution in [0.25, 0.3) is 5.69 Å². The predicted molar refractivity (Wildman–Crippen MR) is 158 cm³/mol. The molecule has 0 saturated carbocycles. The number of aromatic nitrogens is 1. The summed E-state index contributed by atoms with van der Waals surface area (Å²) in [5, 5.41) is 5.50. The number of sulfonamides is 1. The maximum atomic E-state index is 13.5. The molecule has 0 saturated heterocycles. The van der Waals surface area contributed by atoms with Crippen LogP contribution in [0.4, 0.5) is 5.69 Å². The Morgan fingerprint density at radius 3 is 2.33 bits per heavy atom. The molecule has 4 rings (SSSR count). The molecule has 0 aliphatic rings. The smallest absolute Gasteiger partial charge is 0.264 e. The average Bonchev–Trinajstić information content (AvgIpc) is 3.16. The molecule has 202 valence electrons. The number of anilines is 1. The highest BCUT2D eigenvalue weighted by molar-refractivity contribution is 7.92. The molecule has 0 aliphatic heterocycles. The number of halogens is 3. The molecular formula is C28H25Cl3N4O3S. The van der Waals surface area contributed by atoms with Gasteiger partial charge in [-0.15, -0.1) is 0 Å². The Kier molecular flexibility index (Phi) is 8.71. The molecule has 3 aromatic carbocycles. The fourth-order valence-corrected chi connectivity index (χ4v) is 6.04. The van der Waals surface area contributed by atoms with E-state index in [0.717, 1.165) is 32.5 Å². The van der Waals surface area contributed by atoms with Crippen LogP contribution >= 0.6 is 34.8 Å². The van der Waals surface area contributed by atoms with Crippen LogP contribution in [0.2, 0.25) is 15.1 Å². The molecular weight excluding hydrogens is 579 g/mol. The zero-order valence-corrected chi connectivity index (χ0v) is 24.4. The van der Waals surface area contributed by atoms with E-state index in [-0.39, 0.29) is 10.6 Å². The Morgan fingerprint density at radius 2 is 1.64 bits per heavy atom. The highest BCUT2D eigenvalue weighted by Crippen LogP contribution is 2.29. The van der Waals surface area contributed by atoms with Crippen LogP contribution in [0.1, 0.15) is 22.5 Å². The molecule has 0 atom stereocenters. The zero-order valence-electron chi connectivity index (χ0n) is 21.3. The molecule has 0 fully saturated rings. The van der Waals surface area contributed by atoms with Gasteiger partial charge in [-0.3, -0.25) is 9.10 Å². The van der Waals surface area contributed by atoms with Crippen LogP contribution in [0, 0.1) is 20.8 Å². The van der Waals surface area contributed by atoms with E-state index >= 15 is 0 Å². The van der Waals surface area contributed by atoms with Gasteiger partial charge in [0.05, 0.1) is 27.5 Å². The number of hydrogen-bond donors (Lipinski definition) is 1. The first-order valence-electron chi connectivity index (χ1n) is 11.8. The Bertz CT molecular complexity index is 1670. The minimum absolute atomic E-state index is 0.0523. The lowest BCUT2D eigenvalue weighted by molar-refractivity contribution is -0.119. The maximum absolute atomic E-state index is 13.5. The Morgan fingerprint density at radius 1 is 0.949 bits per heavy atom. The van der Waals surface area contributed by atoms with Gasteiger partial charge in [0, 0.05) is 27.0 Å². The third-order valence-electron chi connectivity index (χ3n) is 6.00. The Labute approximate surface area is 242 Å². The summed E-state index contributed by atoms with van der Waals surface area (Å²) in [6.45, 7) is 5.16. The molecule has 7 nitrogen and oxygen atoms in total. The zero-order chi connectivity index (χ0) is 28.3. The third kappa shape index (κ3) is 6.47. The van der Waals surface area contributed by atoms with Gasteiger partial charge in [0.15, 0.2) is 0 Å². The van der Waals surface area contributed by atoms with E-state index in [4.69, 9.17) is 34.8 Å². The molecule has 1 aromatic heterocycles. The van der Waals surface area contributed by atoms with Crippen LogP contribution in [0.15, 0.2) is 82.8 Å². The second-order valence-corrected chi connectivity index (χ2v) is 12.0. The van der Waals surface area contributed by atoms with Crippen LogP contribution in [0.5, 0.6) is 0 Å². The molecule has 1 amide bonds. The fourth-order valence-electron chi connectivity index (χ4n) is 4.07. The molecule has 39 heavy (non-hydrogen) atoms. The summed E-state index contributed by atoms with van der Waals surface area (Å²) in [6, 6.07) is 19.8. The van der Waals surface area contributed by atoms with Gasteiger partial charge in [-0.05, 0) is 75.4 Å². The third-order valence-corrected chi connectivity index (χ3v) is 8.58. The minimum atomic E-state index is -4.07. The summed E-state index contributed by atoms with van der Waals surface area (Å²) in [4.78, 5) is 12.9. The monoisotopic (exact) mass is 602 g/mol.